The van der Waals surface area contributed by atoms with E-state index >= 15 is 0 Å². The van der Waals surface area contributed by atoms with Gasteiger partial charge in [-0.05, 0) is 18.2 Å². The van der Waals surface area contributed by atoms with Crippen LogP contribution in [0.3, 0.4) is 0 Å². The van der Waals surface area contributed by atoms with Crippen molar-refractivity contribution in [3.63, 3.8) is 0 Å². The van der Waals surface area contributed by atoms with Crippen LogP contribution in [0.1, 0.15) is 6.92 Å². The van der Waals surface area contributed by atoms with Crippen molar-refractivity contribution >= 4 is 40.4 Å². The first-order valence-electron chi connectivity index (χ1n) is 10.1. The number of nitro groups is 1. The quantitative estimate of drug-likeness (QED) is 0.283. The lowest BCUT2D eigenvalue weighted by atomic mass is 10.2. The topological polar surface area (TPSA) is 159 Å². The van der Waals surface area contributed by atoms with E-state index in [-0.39, 0.29) is 40.5 Å². The fourth-order valence-corrected chi connectivity index (χ4v) is 3.13. The van der Waals surface area contributed by atoms with E-state index < -0.39 is 4.92 Å². The molecule has 3 aromatic rings. The molecule has 0 radical (unpaired) electrons. The van der Waals surface area contributed by atoms with Gasteiger partial charge in [-0.3, -0.25) is 14.9 Å². The van der Waals surface area contributed by atoms with Crippen molar-refractivity contribution in [3.05, 3.63) is 46.6 Å². The number of aromatic nitrogens is 2. The second kappa shape index (κ2) is 10.9. The number of methoxy groups -OCH3 is 4. The summed E-state index contributed by atoms with van der Waals surface area (Å²) in [5.41, 5.74) is 1.03. The first-order valence-corrected chi connectivity index (χ1v) is 10.1. The molecule has 184 valence electrons. The average molecular weight is 484 g/mol. The molecule has 0 atom stereocenters. The molecule has 13 nitrogen and oxygen atoms in total. The third kappa shape index (κ3) is 5.76. The van der Waals surface area contributed by atoms with E-state index in [0.717, 1.165) is 0 Å². The van der Waals surface area contributed by atoms with Gasteiger partial charge in [0, 0.05) is 24.7 Å². The SMILES string of the molecule is COc1cc(OC)c([N+](=O)[O-])cc1Nc1ncc(OC)c(Nc2cc(NC(C)=O)ccc2OC)n1. The Morgan fingerprint density at radius 3 is 2.14 bits per heavy atom. The van der Waals surface area contributed by atoms with Gasteiger partial charge >= 0.3 is 5.69 Å². The molecule has 13 heteroatoms. The highest BCUT2D eigenvalue weighted by Gasteiger charge is 2.21. The maximum Gasteiger partial charge on any atom is 0.313 e. The van der Waals surface area contributed by atoms with E-state index in [0.29, 0.717) is 22.9 Å². The van der Waals surface area contributed by atoms with Gasteiger partial charge < -0.3 is 34.9 Å². The lowest BCUT2D eigenvalue weighted by Gasteiger charge is -2.16. The summed E-state index contributed by atoms with van der Waals surface area (Å²) in [6.07, 6.45) is 1.42. The molecule has 0 unspecified atom stereocenters. The van der Waals surface area contributed by atoms with Gasteiger partial charge in [-0.1, -0.05) is 0 Å². The zero-order chi connectivity index (χ0) is 25.5. The van der Waals surface area contributed by atoms with Crippen molar-refractivity contribution in [1.82, 2.24) is 9.97 Å². The Balaban J connectivity index is 2.00. The number of carbonyl (C=O) groups is 1. The number of rotatable bonds is 10. The predicted molar refractivity (Wildman–Crippen MR) is 129 cm³/mol. The molecular weight excluding hydrogens is 460 g/mol. The first-order chi connectivity index (χ1) is 16.8. The van der Waals surface area contributed by atoms with Crippen LogP contribution in [0.5, 0.6) is 23.0 Å². The van der Waals surface area contributed by atoms with Crippen LogP contribution in [0.25, 0.3) is 0 Å². The van der Waals surface area contributed by atoms with Gasteiger partial charge in [-0.25, -0.2) is 4.98 Å². The molecular formula is C22H24N6O7. The fourth-order valence-electron chi connectivity index (χ4n) is 3.13. The Kier molecular flexibility index (Phi) is 7.71. The van der Waals surface area contributed by atoms with Gasteiger partial charge in [-0.2, -0.15) is 4.98 Å². The van der Waals surface area contributed by atoms with Gasteiger partial charge in [0.2, 0.25) is 17.6 Å². The van der Waals surface area contributed by atoms with Crippen LogP contribution in [-0.2, 0) is 4.79 Å². The predicted octanol–water partition coefficient (Wildman–Crippen LogP) is 3.86. The van der Waals surface area contributed by atoms with Crippen LogP contribution in [0.4, 0.5) is 34.5 Å². The van der Waals surface area contributed by atoms with E-state index in [4.69, 9.17) is 18.9 Å². The zero-order valence-corrected chi connectivity index (χ0v) is 19.7. The Hall–Kier alpha value is -4.81. The number of nitrogens with zero attached hydrogens (tertiary/aromatic N) is 3. The number of hydrogen-bond donors (Lipinski definition) is 3. The lowest BCUT2D eigenvalue weighted by molar-refractivity contribution is -0.385. The molecule has 0 spiro atoms. The van der Waals surface area contributed by atoms with Crippen LogP contribution in [-0.4, -0.2) is 49.2 Å². The Labute approximate surface area is 200 Å². The van der Waals surface area contributed by atoms with Crippen molar-refractivity contribution in [2.24, 2.45) is 0 Å². The first kappa shape index (κ1) is 24.8. The van der Waals surface area contributed by atoms with E-state index in [9.17, 15) is 14.9 Å². The minimum absolute atomic E-state index is 0.0431. The van der Waals surface area contributed by atoms with E-state index in [1.807, 2.05) is 0 Å². The molecule has 3 N–H and O–H groups in total. The number of amides is 1. The highest BCUT2D eigenvalue weighted by molar-refractivity contribution is 5.90. The van der Waals surface area contributed by atoms with E-state index in [2.05, 4.69) is 25.9 Å². The Morgan fingerprint density at radius 1 is 0.886 bits per heavy atom. The summed E-state index contributed by atoms with van der Waals surface area (Å²) in [6.45, 7) is 1.40. The Bertz CT molecular complexity index is 1250. The second-order valence-electron chi connectivity index (χ2n) is 6.94. The third-order valence-corrected chi connectivity index (χ3v) is 4.69. The molecule has 0 aliphatic heterocycles. The number of benzene rings is 2. The largest absolute Gasteiger partial charge is 0.495 e. The van der Waals surface area contributed by atoms with Crippen molar-refractivity contribution in [2.75, 3.05) is 44.4 Å². The number of carbonyl (C=O) groups excluding carboxylic acids is 1. The maximum atomic E-state index is 11.4. The lowest BCUT2D eigenvalue weighted by Crippen LogP contribution is -2.07. The summed E-state index contributed by atoms with van der Waals surface area (Å²) < 4.78 is 21.2. The van der Waals surface area contributed by atoms with Crippen molar-refractivity contribution in [1.29, 1.82) is 0 Å². The molecule has 0 aliphatic carbocycles. The number of hydrogen-bond acceptors (Lipinski definition) is 11. The number of anilines is 5. The van der Waals surface area contributed by atoms with Gasteiger partial charge in [0.1, 0.15) is 11.5 Å². The molecule has 0 bridgehead atoms. The van der Waals surface area contributed by atoms with E-state index in [1.54, 1.807) is 18.2 Å². The van der Waals surface area contributed by atoms with Crippen LogP contribution in [0.15, 0.2) is 36.5 Å². The Morgan fingerprint density at radius 2 is 1.54 bits per heavy atom. The molecule has 0 fully saturated rings. The fraction of sp³-hybridized carbons (Fsp3) is 0.227. The van der Waals surface area contributed by atoms with Gasteiger partial charge in [0.05, 0.1) is 50.9 Å². The molecule has 0 saturated heterocycles. The second-order valence-corrected chi connectivity index (χ2v) is 6.94. The maximum absolute atomic E-state index is 11.4. The summed E-state index contributed by atoms with van der Waals surface area (Å²) >= 11 is 0. The minimum atomic E-state index is -0.570. The molecule has 1 aromatic heterocycles. The summed E-state index contributed by atoms with van der Waals surface area (Å²) in [5, 5.41) is 20.2. The smallest absolute Gasteiger partial charge is 0.313 e. The summed E-state index contributed by atoms with van der Waals surface area (Å²) in [5.74, 6) is 1.27. The normalized spacial score (nSPS) is 10.2. The molecule has 1 heterocycles. The number of nitro benzene ring substituents is 1. The molecule has 1 amide bonds. The summed E-state index contributed by atoms with van der Waals surface area (Å²) in [6, 6.07) is 7.70. The summed E-state index contributed by atoms with van der Waals surface area (Å²) in [4.78, 5) is 31.0. The van der Waals surface area contributed by atoms with Gasteiger partial charge in [0.15, 0.2) is 11.6 Å². The van der Waals surface area contributed by atoms with Crippen LogP contribution in [0, 0.1) is 10.1 Å². The molecule has 35 heavy (non-hydrogen) atoms. The summed E-state index contributed by atoms with van der Waals surface area (Å²) in [7, 11) is 5.71. The molecule has 2 aromatic carbocycles. The number of ether oxygens (including phenoxy) is 4. The standard InChI is InChI=1S/C22H24N6O7/c1-12(29)24-13-6-7-17(32-2)14(8-13)25-21-20(35-5)11-23-22(27-21)26-15-9-16(28(30)31)19(34-4)10-18(15)33-3/h6-11H,1-5H3,(H,24,29)(H2,23,25,26,27). The highest BCUT2D eigenvalue weighted by atomic mass is 16.6. The van der Waals surface area contributed by atoms with Gasteiger partial charge in [0.25, 0.3) is 0 Å². The van der Waals surface area contributed by atoms with Crippen molar-refractivity contribution in [2.45, 2.75) is 6.92 Å². The zero-order valence-electron chi connectivity index (χ0n) is 19.7. The minimum Gasteiger partial charge on any atom is -0.495 e. The van der Waals surface area contributed by atoms with Crippen LogP contribution < -0.4 is 34.9 Å². The van der Waals surface area contributed by atoms with Crippen molar-refractivity contribution in [3.8, 4) is 23.0 Å². The average Bonchev–Trinajstić information content (AvgIpc) is 2.83. The van der Waals surface area contributed by atoms with Gasteiger partial charge in [-0.15, -0.1) is 0 Å². The monoisotopic (exact) mass is 484 g/mol. The van der Waals surface area contributed by atoms with Crippen molar-refractivity contribution < 1.29 is 28.7 Å². The molecule has 0 saturated carbocycles. The number of nitrogens with one attached hydrogen (secondary N) is 3. The highest BCUT2D eigenvalue weighted by Crippen LogP contribution is 2.39. The molecule has 0 aliphatic rings. The molecule has 3 rings (SSSR count). The third-order valence-electron chi connectivity index (χ3n) is 4.69. The van der Waals surface area contributed by atoms with Crippen LogP contribution in [0.2, 0.25) is 0 Å². The van der Waals surface area contributed by atoms with E-state index in [1.165, 1.54) is 53.7 Å². The van der Waals surface area contributed by atoms with Crippen LogP contribution >= 0.6 is 0 Å².